The summed E-state index contributed by atoms with van der Waals surface area (Å²) in [5.74, 6) is 0. The lowest BCUT2D eigenvalue weighted by atomic mass is 9.68. The number of hydrogen-bond donors (Lipinski definition) is 0. The zero-order valence-electron chi connectivity index (χ0n) is 34.8. The minimum absolute atomic E-state index is 0.536. The highest BCUT2D eigenvalue weighted by Crippen LogP contribution is 2.60. The molecule has 3 heteroatoms. The molecule has 0 N–H and O–H groups in total. The molecule has 0 aliphatic heterocycles. The largest absolute Gasteiger partial charge is 0.456 e. The van der Waals surface area contributed by atoms with Crippen molar-refractivity contribution >= 4 is 60.9 Å². The van der Waals surface area contributed by atoms with Crippen LogP contribution in [0.3, 0.4) is 0 Å². The predicted molar refractivity (Wildman–Crippen MR) is 264 cm³/mol. The minimum atomic E-state index is -0.536. The second kappa shape index (κ2) is 14.3. The fourth-order valence-corrected chi connectivity index (χ4v) is 10.6. The van der Waals surface area contributed by atoms with Gasteiger partial charge >= 0.3 is 0 Å². The van der Waals surface area contributed by atoms with Crippen molar-refractivity contribution in [2.24, 2.45) is 0 Å². The maximum atomic E-state index is 6.55. The van der Waals surface area contributed by atoms with E-state index >= 15 is 0 Å². The van der Waals surface area contributed by atoms with E-state index in [0.29, 0.717) is 0 Å². The van der Waals surface area contributed by atoms with Gasteiger partial charge in [-0.3, -0.25) is 0 Å². The number of hydrogen-bond acceptors (Lipinski definition) is 3. The van der Waals surface area contributed by atoms with Crippen molar-refractivity contribution in [1.29, 1.82) is 0 Å². The standard InChI is InChI=1S/C61H39NO2/c1-4-17-41(18-5-1)46-25-14-26-47-50-39-42(35-38-56(50)64-60(46)47)40-33-36-45(37-34-40)62(54-30-16-32-57-59(54)49-24-11-13-31-55(49)63-57)53-29-15-28-52-58(53)48-23-10-12-27-51(48)61(52,43-19-6-2-7-20-43)44-21-8-3-9-22-44/h1-39H. The third-order valence-electron chi connectivity index (χ3n) is 13.4. The topological polar surface area (TPSA) is 29.5 Å². The Balaban J connectivity index is 1.02. The Morgan fingerprint density at radius 1 is 0.344 bits per heavy atom. The summed E-state index contributed by atoms with van der Waals surface area (Å²) in [6.07, 6.45) is 0. The fraction of sp³-hybridized carbons (Fsp3) is 0.0164. The van der Waals surface area contributed by atoms with Gasteiger partial charge in [-0.2, -0.15) is 0 Å². The molecule has 1 aliphatic rings. The molecule has 13 rings (SSSR count). The average molecular weight is 818 g/mol. The lowest BCUT2D eigenvalue weighted by Gasteiger charge is -2.34. The number of nitrogens with zero attached hydrogens (tertiary/aromatic N) is 1. The molecule has 0 unspecified atom stereocenters. The lowest BCUT2D eigenvalue weighted by molar-refractivity contribution is 0.669. The second-order valence-corrected chi connectivity index (χ2v) is 16.7. The smallest absolute Gasteiger partial charge is 0.143 e. The summed E-state index contributed by atoms with van der Waals surface area (Å²) in [6.45, 7) is 0. The van der Waals surface area contributed by atoms with Gasteiger partial charge in [0.2, 0.25) is 0 Å². The van der Waals surface area contributed by atoms with E-state index in [-0.39, 0.29) is 0 Å². The van der Waals surface area contributed by atoms with Gasteiger partial charge in [0.25, 0.3) is 0 Å². The van der Waals surface area contributed by atoms with Crippen LogP contribution < -0.4 is 4.90 Å². The summed E-state index contributed by atoms with van der Waals surface area (Å²) >= 11 is 0. The number of para-hydroxylation sites is 2. The Labute approximate surface area is 370 Å². The first kappa shape index (κ1) is 36.3. The monoisotopic (exact) mass is 817 g/mol. The minimum Gasteiger partial charge on any atom is -0.456 e. The van der Waals surface area contributed by atoms with Gasteiger partial charge in [0.05, 0.1) is 22.2 Å². The zero-order valence-corrected chi connectivity index (χ0v) is 34.8. The summed E-state index contributed by atoms with van der Waals surface area (Å²) < 4.78 is 13.1. The zero-order chi connectivity index (χ0) is 42.2. The highest BCUT2D eigenvalue weighted by Gasteiger charge is 2.47. The van der Waals surface area contributed by atoms with Crippen LogP contribution in [0.15, 0.2) is 245 Å². The van der Waals surface area contributed by atoms with Crippen LogP contribution >= 0.6 is 0 Å². The van der Waals surface area contributed by atoms with Crippen LogP contribution in [0, 0.1) is 0 Å². The quantitative estimate of drug-likeness (QED) is 0.160. The highest BCUT2D eigenvalue weighted by atomic mass is 16.3. The Morgan fingerprint density at radius 2 is 0.922 bits per heavy atom. The predicted octanol–water partition coefficient (Wildman–Crippen LogP) is 16.7. The molecule has 0 fully saturated rings. The Morgan fingerprint density at radius 3 is 1.72 bits per heavy atom. The molecule has 0 radical (unpaired) electrons. The third-order valence-corrected chi connectivity index (χ3v) is 13.4. The van der Waals surface area contributed by atoms with Crippen molar-refractivity contribution in [3.8, 4) is 33.4 Å². The molecule has 1 aliphatic carbocycles. The number of rotatable bonds is 7. The normalized spacial score (nSPS) is 12.8. The molecule has 10 aromatic carbocycles. The average Bonchev–Trinajstić information content (AvgIpc) is 4.04. The van der Waals surface area contributed by atoms with Gasteiger partial charge in [-0.1, -0.05) is 188 Å². The summed E-state index contributed by atoms with van der Waals surface area (Å²) in [7, 11) is 0. The van der Waals surface area contributed by atoms with Gasteiger partial charge in [0.1, 0.15) is 22.3 Å². The molecule has 2 aromatic heterocycles. The molecule has 12 aromatic rings. The van der Waals surface area contributed by atoms with Gasteiger partial charge in [-0.15, -0.1) is 0 Å². The fourth-order valence-electron chi connectivity index (χ4n) is 10.6. The molecule has 3 nitrogen and oxygen atoms in total. The van der Waals surface area contributed by atoms with Crippen LogP contribution in [0.1, 0.15) is 22.3 Å². The van der Waals surface area contributed by atoms with Gasteiger partial charge in [0, 0.05) is 33.0 Å². The van der Waals surface area contributed by atoms with Gasteiger partial charge in [0.15, 0.2) is 0 Å². The van der Waals surface area contributed by atoms with E-state index in [1.54, 1.807) is 0 Å². The van der Waals surface area contributed by atoms with Crippen LogP contribution in [0.5, 0.6) is 0 Å². The molecule has 300 valence electrons. The first-order chi connectivity index (χ1) is 31.8. The molecule has 2 heterocycles. The third kappa shape index (κ3) is 5.34. The maximum Gasteiger partial charge on any atom is 0.143 e. The van der Waals surface area contributed by atoms with E-state index in [4.69, 9.17) is 8.83 Å². The van der Waals surface area contributed by atoms with E-state index in [1.807, 2.05) is 12.1 Å². The number of benzene rings is 10. The van der Waals surface area contributed by atoms with Crippen molar-refractivity contribution in [3.63, 3.8) is 0 Å². The van der Waals surface area contributed by atoms with Crippen LogP contribution in [-0.2, 0) is 5.41 Å². The molecular formula is C61H39NO2. The molecule has 0 amide bonds. The molecule has 0 spiro atoms. The molecular weight excluding hydrogens is 779 g/mol. The molecule has 0 bridgehead atoms. The SMILES string of the molecule is c1ccc(-c2cccc3c2oc2ccc(-c4ccc(N(c5cccc6c5-c5ccccc5C6(c5ccccc5)c5ccccc5)c5cccc6oc7ccccc7c56)cc4)cc23)cc1. The number of anilines is 3. The van der Waals surface area contributed by atoms with Gasteiger partial charge < -0.3 is 13.7 Å². The van der Waals surface area contributed by atoms with Crippen molar-refractivity contribution in [2.75, 3.05) is 4.90 Å². The van der Waals surface area contributed by atoms with Crippen LogP contribution in [0.4, 0.5) is 17.1 Å². The van der Waals surface area contributed by atoms with Gasteiger partial charge in [-0.25, -0.2) is 0 Å². The molecule has 0 saturated carbocycles. The van der Waals surface area contributed by atoms with E-state index in [2.05, 4.69) is 229 Å². The lowest BCUT2D eigenvalue weighted by Crippen LogP contribution is -2.28. The van der Waals surface area contributed by atoms with E-state index in [0.717, 1.165) is 83.2 Å². The summed E-state index contributed by atoms with van der Waals surface area (Å²) in [6, 6.07) is 85.2. The second-order valence-electron chi connectivity index (χ2n) is 16.7. The Kier molecular flexibility index (Phi) is 8.13. The van der Waals surface area contributed by atoms with Crippen molar-refractivity contribution in [1.82, 2.24) is 0 Å². The first-order valence-electron chi connectivity index (χ1n) is 21.9. The molecule has 0 saturated heterocycles. The van der Waals surface area contributed by atoms with Crippen molar-refractivity contribution < 1.29 is 8.83 Å². The van der Waals surface area contributed by atoms with E-state index in [1.165, 1.54) is 33.4 Å². The van der Waals surface area contributed by atoms with Crippen LogP contribution in [0.2, 0.25) is 0 Å². The Hall–Kier alpha value is -8.40. The first-order valence-corrected chi connectivity index (χ1v) is 21.9. The van der Waals surface area contributed by atoms with Crippen molar-refractivity contribution in [3.05, 3.63) is 259 Å². The molecule has 64 heavy (non-hydrogen) atoms. The van der Waals surface area contributed by atoms with Crippen LogP contribution in [0.25, 0.3) is 77.3 Å². The summed E-state index contributed by atoms with van der Waals surface area (Å²) in [4.78, 5) is 2.45. The maximum absolute atomic E-state index is 6.55. The summed E-state index contributed by atoms with van der Waals surface area (Å²) in [5.41, 5.74) is 18.1. The van der Waals surface area contributed by atoms with E-state index in [9.17, 15) is 0 Å². The molecule has 0 atom stereocenters. The highest BCUT2D eigenvalue weighted by molar-refractivity contribution is 6.14. The van der Waals surface area contributed by atoms with E-state index < -0.39 is 5.41 Å². The van der Waals surface area contributed by atoms with Gasteiger partial charge in [-0.05, 0) is 93.0 Å². The number of furan rings is 2. The van der Waals surface area contributed by atoms with Crippen LogP contribution in [-0.4, -0.2) is 0 Å². The number of fused-ring (bicyclic) bond motifs is 9. The van der Waals surface area contributed by atoms with Crippen molar-refractivity contribution in [2.45, 2.75) is 5.41 Å². The summed E-state index contributed by atoms with van der Waals surface area (Å²) in [5, 5.41) is 4.38. The Bertz CT molecular complexity index is 3680.